The molecular weight excluding hydrogens is 388 g/mol. The Morgan fingerprint density at radius 1 is 0.281 bits per heavy atom. The zero-order valence-electron chi connectivity index (χ0n) is 17.6. The molecule has 0 aliphatic carbocycles. The second-order valence-corrected chi connectivity index (χ2v) is 7.89. The normalized spacial score (nSPS) is 12.2. The highest BCUT2D eigenvalue weighted by Gasteiger charge is 2.23. The van der Waals surface area contributed by atoms with Gasteiger partial charge in [0.15, 0.2) is 0 Å². The Labute approximate surface area is 188 Å². The quantitative estimate of drug-likeness (QED) is 0.282. The zero-order chi connectivity index (χ0) is 21.3. The molecule has 2 aliphatic rings. The first kappa shape index (κ1) is 18.5. The number of nitrogens with zero attached hydrogens (tertiary/aromatic N) is 2. The van der Waals surface area contributed by atoms with Crippen molar-refractivity contribution in [3.63, 3.8) is 0 Å². The number of rotatable bonds is 2. The second-order valence-electron chi connectivity index (χ2n) is 7.89. The van der Waals surface area contributed by atoms with Gasteiger partial charge in [-0.1, -0.05) is 72.8 Å². The Balaban J connectivity index is 1.70. The third-order valence-electron chi connectivity index (χ3n) is 5.97. The van der Waals surface area contributed by atoms with E-state index in [4.69, 9.17) is 0 Å². The smallest absolute Gasteiger partial charge is 0.0540 e. The molecular formula is C30H22N2. The lowest BCUT2D eigenvalue weighted by Gasteiger charge is -2.33. The number of hydrogen-bond donors (Lipinski definition) is 0. The average Bonchev–Trinajstić information content (AvgIpc) is 2.87. The number of fused-ring (bicyclic) bond motifs is 2. The summed E-state index contributed by atoms with van der Waals surface area (Å²) < 4.78 is 0. The van der Waals surface area contributed by atoms with Crippen molar-refractivity contribution in [3.8, 4) is 11.1 Å². The van der Waals surface area contributed by atoms with Gasteiger partial charge in [-0.3, -0.25) is 0 Å². The van der Waals surface area contributed by atoms with Gasteiger partial charge in [-0.05, 0) is 60.7 Å². The van der Waals surface area contributed by atoms with E-state index in [1.165, 1.54) is 11.1 Å². The summed E-state index contributed by atoms with van der Waals surface area (Å²) >= 11 is 0. The molecule has 2 nitrogen and oxygen atoms in total. The van der Waals surface area contributed by atoms with Crippen LogP contribution in [-0.4, -0.2) is 0 Å². The first-order valence-corrected chi connectivity index (χ1v) is 10.9. The zero-order valence-corrected chi connectivity index (χ0v) is 17.6. The molecule has 2 heteroatoms. The molecule has 2 aliphatic heterocycles. The van der Waals surface area contributed by atoms with Gasteiger partial charge in [0.05, 0.1) is 11.4 Å². The summed E-state index contributed by atoms with van der Waals surface area (Å²) in [5, 5.41) is 0. The predicted molar refractivity (Wildman–Crippen MR) is 135 cm³/mol. The summed E-state index contributed by atoms with van der Waals surface area (Å²) in [6.45, 7) is 0. The van der Waals surface area contributed by atoms with Crippen molar-refractivity contribution in [1.29, 1.82) is 0 Å². The van der Waals surface area contributed by atoms with Crippen molar-refractivity contribution < 1.29 is 0 Å². The fourth-order valence-corrected chi connectivity index (χ4v) is 4.55. The van der Waals surface area contributed by atoms with Crippen molar-refractivity contribution in [3.05, 3.63) is 133 Å². The summed E-state index contributed by atoms with van der Waals surface area (Å²) in [5.74, 6) is 0. The van der Waals surface area contributed by atoms with Crippen LogP contribution in [0.5, 0.6) is 0 Å². The molecule has 0 radical (unpaired) electrons. The molecule has 0 unspecified atom stereocenters. The fourth-order valence-electron chi connectivity index (χ4n) is 4.55. The van der Waals surface area contributed by atoms with Gasteiger partial charge in [0.2, 0.25) is 0 Å². The maximum absolute atomic E-state index is 2.34. The minimum atomic E-state index is 1.14. The molecule has 2 bridgehead atoms. The Morgan fingerprint density at radius 3 is 1.00 bits per heavy atom. The second kappa shape index (κ2) is 7.75. The average molecular weight is 411 g/mol. The van der Waals surface area contributed by atoms with Crippen molar-refractivity contribution in [2.24, 2.45) is 0 Å². The maximum Gasteiger partial charge on any atom is 0.0540 e. The van der Waals surface area contributed by atoms with Crippen molar-refractivity contribution in [1.82, 2.24) is 0 Å². The number of anilines is 6. The summed E-state index contributed by atoms with van der Waals surface area (Å²) in [6.07, 6.45) is 0. The van der Waals surface area contributed by atoms with Crippen LogP contribution >= 0.6 is 0 Å². The van der Waals surface area contributed by atoms with Crippen LogP contribution in [0.3, 0.4) is 0 Å². The van der Waals surface area contributed by atoms with E-state index in [1.807, 2.05) is 0 Å². The molecule has 0 saturated heterocycles. The number of para-hydroxylation sites is 4. The summed E-state index contributed by atoms with van der Waals surface area (Å²) in [4.78, 5) is 4.68. The van der Waals surface area contributed by atoms with Gasteiger partial charge < -0.3 is 9.80 Å². The lowest BCUT2D eigenvalue weighted by Crippen LogP contribution is -2.15. The summed E-state index contributed by atoms with van der Waals surface area (Å²) in [6, 6.07) is 47.4. The third-order valence-corrected chi connectivity index (χ3v) is 5.97. The van der Waals surface area contributed by atoms with E-state index in [0.717, 1.165) is 34.1 Å². The van der Waals surface area contributed by atoms with Crippen LogP contribution in [0, 0.1) is 0 Å². The fraction of sp³-hybridized carbons (Fsp3) is 0. The molecule has 0 amide bonds. The van der Waals surface area contributed by atoms with Crippen LogP contribution in [0.2, 0.25) is 0 Å². The molecule has 5 aromatic rings. The Hall–Kier alpha value is -4.30. The van der Waals surface area contributed by atoms with Gasteiger partial charge in [-0.15, -0.1) is 0 Å². The van der Waals surface area contributed by atoms with Crippen LogP contribution in [0.25, 0.3) is 11.1 Å². The van der Waals surface area contributed by atoms with Crippen molar-refractivity contribution in [2.45, 2.75) is 0 Å². The molecule has 32 heavy (non-hydrogen) atoms. The minimum Gasteiger partial charge on any atom is -0.310 e. The van der Waals surface area contributed by atoms with Crippen LogP contribution in [-0.2, 0) is 0 Å². The molecule has 0 spiro atoms. The highest BCUT2D eigenvalue weighted by molar-refractivity contribution is 5.96. The third kappa shape index (κ3) is 3.05. The van der Waals surface area contributed by atoms with E-state index in [2.05, 4.69) is 143 Å². The van der Waals surface area contributed by atoms with Crippen LogP contribution < -0.4 is 9.80 Å². The van der Waals surface area contributed by atoms with Crippen LogP contribution in [0.1, 0.15) is 0 Å². The predicted octanol–water partition coefficient (Wildman–Crippen LogP) is 8.61. The molecule has 0 saturated carbocycles. The SMILES string of the molecule is c1ccc(N2c3ccc(cc3)N(c3ccccc3)c3ccccc3-c3ccccc32)cc1. The van der Waals surface area contributed by atoms with E-state index in [1.54, 1.807) is 0 Å². The molecule has 0 atom stereocenters. The van der Waals surface area contributed by atoms with E-state index in [-0.39, 0.29) is 0 Å². The largest absolute Gasteiger partial charge is 0.310 e. The lowest BCUT2D eigenvalue weighted by molar-refractivity contribution is 1.24. The number of benzene rings is 5. The highest BCUT2D eigenvalue weighted by Crippen LogP contribution is 2.48. The standard InChI is InChI=1S/C30H22N2/c1-3-11-23(12-4-1)31-25-19-21-26(22-20-25)32(24-13-5-2-6-14-24)30-18-10-8-16-28(30)27-15-7-9-17-29(27)31/h1-22H. The molecule has 7 rings (SSSR count). The Kier molecular flexibility index (Phi) is 4.47. The van der Waals surface area contributed by atoms with Gasteiger partial charge in [-0.2, -0.15) is 0 Å². The molecule has 0 aromatic heterocycles. The molecule has 0 N–H and O–H groups in total. The highest BCUT2D eigenvalue weighted by atomic mass is 15.2. The van der Waals surface area contributed by atoms with Crippen molar-refractivity contribution >= 4 is 34.1 Å². The molecule has 0 fully saturated rings. The van der Waals surface area contributed by atoms with Gasteiger partial charge in [0, 0.05) is 33.9 Å². The summed E-state index contributed by atoms with van der Waals surface area (Å²) in [7, 11) is 0. The maximum atomic E-state index is 2.34. The minimum absolute atomic E-state index is 1.14. The van der Waals surface area contributed by atoms with Gasteiger partial charge >= 0.3 is 0 Å². The van der Waals surface area contributed by atoms with Crippen molar-refractivity contribution in [2.75, 3.05) is 9.80 Å². The Bertz CT molecular complexity index is 1250. The van der Waals surface area contributed by atoms with E-state index < -0.39 is 0 Å². The van der Waals surface area contributed by atoms with Gasteiger partial charge in [0.1, 0.15) is 0 Å². The van der Waals surface area contributed by atoms with Gasteiger partial charge in [-0.25, -0.2) is 0 Å². The van der Waals surface area contributed by atoms with E-state index >= 15 is 0 Å². The lowest BCUT2D eigenvalue weighted by atomic mass is 9.97. The topological polar surface area (TPSA) is 6.48 Å². The Morgan fingerprint density at radius 2 is 0.594 bits per heavy atom. The molecule has 2 heterocycles. The van der Waals surface area contributed by atoms with Gasteiger partial charge in [0.25, 0.3) is 0 Å². The first-order valence-electron chi connectivity index (χ1n) is 10.9. The summed E-state index contributed by atoms with van der Waals surface area (Å²) in [5.41, 5.74) is 9.30. The van der Waals surface area contributed by atoms with Crippen LogP contribution in [0.4, 0.5) is 34.1 Å². The van der Waals surface area contributed by atoms with E-state index in [0.29, 0.717) is 0 Å². The monoisotopic (exact) mass is 410 g/mol. The van der Waals surface area contributed by atoms with Crippen LogP contribution in [0.15, 0.2) is 133 Å². The molecule has 5 aromatic carbocycles. The number of hydrogen-bond acceptors (Lipinski definition) is 2. The van der Waals surface area contributed by atoms with E-state index in [9.17, 15) is 0 Å². The first-order chi connectivity index (χ1) is 15.9. The molecule has 152 valence electrons.